The number of fused-ring (bicyclic) bond motifs is 1. The molecule has 2 rings (SSSR count). The van der Waals surface area contributed by atoms with E-state index in [1.165, 1.54) is 0 Å². The summed E-state index contributed by atoms with van der Waals surface area (Å²) < 4.78 is 31.8. The zero-order valence-electron chi connectivity index (χ0n) is 10.7. The highest BCUT2D eigenvalue weighted by Crippen LogP contribution is 2.36. The molecule has 1 aliphatic rings. The van der Waals surface area contributed by atoms with Crippen molar-refractivity contribution in [3.05, 3.63) is 10.4 Å². The first-order valence-electron chi connectivity index (χ1n) is 5.82. The van der Waals surface area contributed by atoms with E-state index in [-0.39, 0.29) is 17.0 Å². The van der Waals surface area contributed by atoms with Gasteiger partial charge in [0.2, 0.25) is 5.28 Å². The van der Waals surface area contributed by atoms with E-state index >= 15 is 0 Å². The minimum Gasteiger partial charge on any atom is -0.485 e. The minimum atomic E-state index is -3.41. The number of ether oxygens (including phenoxy) is 1. The van der Waals surface area contributed by atoms with Crippen LogP contribution in [-0.4, -0.2) is 50.9 Å². The summed E-state index contributed by atoms with van der Waals surface area (Å²) in [5.74, 6) is 0.909. The number of hydrogen-bond donors (Lipinski definition) is 0. The summed E-state index contributed by atoms with van der Waals surface area (Å²) in [5.41, 5.74) is 0. The molecule has 0 aliphatic carbocycles. The molecule has 10 heteroatoms. The van der Waals surface area contributed by atoms with Crippen LogP contribution in [0.25, 0.3) is 0 Å². The lowest BCUT2D eigenvalue weighted by atomic mass is 10.3. The molecule has 0 bridgehead atoms. The maximum absolute atomic E-state index is 10.9. The monoisotopic (exact) mass is 341 g/mol. The predicted octanol–water partition coefficient (Wildman–Crippen LogP) is 1.35. The maximum Gasteiger partial charge on any atom is 0.264 e. The molecule has 1 aromatic rings. The molecular formula is C10H13Cl2N3O4S. The van der Waals surface area contributed by atoms with Crippen LogP contribution >= 0.6 is 23.2 Å². The van der Waals surface area contributed by atoms with Gasteiger partial charge in [-0.15, -0.1) is 0 Å². The van der Waals surface area contributed by atoms with Gasteiger partial charge in [0.25, 0.3) is 10.1 Å². The van der Waals surface area contributed by atoms with E-state index < -0.39 is 10.1 Å². The fourth-order valence-corrected chi connectivity index (χ4v) is 2.62. The van der Waals surface area contributed by atoms with Crippen LogP contribution in [0.3, 0.4) is 0 Å². The van der Waals surface area contributed by atoms with Gasteiger partial charge in [-0.1, -0.05) is 11.6 Å². The second-order valence-electron chi connectivity index (χ2n) is 4.15. The molecule has 1 aliphatic heterocycles. The predicted molar refractivity (Wildman–Crippen MR) is 75.2 cm³/mol. The van der Waals surface area contributed by atoms with E-state index in [0.717, 1.165) is 6.26 Å². The fraction of sp³-hybridized carbons (Fsp3) is 0.600. The molecule has 0 unspecified atom stereocenters. The molecule has 0 atom stereocenters. The molecule has 0 spiro atoms. The molecular weight excluding hydrogens is 329 g/mol. The van der Waals surface area contributed by atoms with Gasteiger partial charge < -0.3 is 9.64 Å². The second kappa shape index (κ2) is 6.30. The first-order chi connectivity index (χ1) is 9.37. The van der Waals surface area contributed by atoms with Crippen molar-refractivity contribution in [1.29, 1.82) is 0 Å². The van der Waals surface area contributed by atoms with E-state index in [0.29, 0.717) is 37.7 Å². The van der Waals surface area contributed by atoms with Crippen LogP contribution in [0.4, 0.5) is 5.82 Å². The van der Waals surface area contributed by atoms with E-state index in [9.17, 15) is 8.42 Å². The number of halogens is 2. The lowest BCUT2D eigenvalue weighted by Gasteiger charge is -2.30. The van der Waals surface area contributed by atoms with Crippen molar-refractivity contribution in [3.63, 3.8) is 0 Å². The Hall–Kier alpha value is -0.830. The third-order valence-corrected chi connectivity index (χ3v) is 3.58. The van der Waals surface area contributed by atoms with Gasteiger partial charge in [-0.2, -0.15) is 13.4 Å². The highest BCUT2D eigenvalue weighted by Gasteiger charge is 2.23. The molecule has 1 aromatic heterocycles. The van der Waals surface area contributed by atoms with Crippen LogP contribution in [0.2, 0.25) is 10.4 Å². The third-order valence-electron chi connectivity index (χ3n) is 2.56. The Morgan fingerprint density at radius 2 is 2.15 bits per heavy atom. The van der Waals surface area contributed by atoms with Crippen LogP contribution in [-0.2, 0) is 14.3 Å². The Morgan fingerprint density at radius 3 is 2.85 bits per heavy atom. The van der Waals surface area contributed by atoms with Crippen molar-refractivity contribution in [1.82, 2.24) is 9.97 Å². The van der Waals surface area contributed by atoms with Crippen LogP contribution in [0.15, 0.2) is 0 Å². The normalized spacial score (nSPS) is 14.8. The van der Waals surface area contributed by atoms with Gasteiger partial charge in [0.05, 0.1) is 19.4 Å². The van der Waals surface area contributed by atoms with Crippen molar-refractivity contribution >= 4 is 39.1 Å². The first kappa shape index (κ1) is 15.6. The van der Waals surface area contributed by atoms with Gasteiger partial charge in [-0.25, -0.2) is 4.98 Å². The Morgan fingerprint density at radius 1 is 1.40 bits per heavy atom. The summed E-state index contributed by atoms with van der Waals surface area (Å²) in [6, 6.07) is 0. The molecule has 20 heavy (non-hydrogen) atoms. The highest BCUT2D eigenvalue weighted by atomic mass is 35.5. The molecule has 2 heterocycles. The quantitative estimate of drug-likeness (QED) is 0.346. The smallest absolute Gasteiger partial charge is 0.264 e. The molecule has 0 N–H and O–H groups in total. The molecule has 112 valence electrons. The number of aromatic nitrogens is 2. The lowest BCUT2D eigenvalue weighted by Crippen LogP contribution is -2.35. The molecule has 7 nitrogen and oxygen atoms in total. The second-order valence-corrected chi connectivity index (χ2v) is 6.49. The van der Waals surface area contributed by atoms with Crippen molar-refractivity contribution in [2.75, 3.05) is 37.5 Å². The van der Waals surface area contributed by atoms with Gasteiger partial charge >= 0.3 is 0 Å². The average molecular weight is 342 g/mol. The summed E-state index contributed by atoms with van der Waals surface area (Å²) in [4.78, 5) is 9.82. The largest absolute Gasteiger partial charge is 0.485 e. The summed E-state index contributed by atoms with van der Waals surface area (Å²) in [7, 11) is -3.41. The lowest BCUT2D eigenvalue weighted by molar-refractivity contribution is 0.292. The van der Waals surface area contributed by atoms with Gasteiger partial charge in [0.1, 0.15) is 6.61 Å². The molecule has 0 saturated carbocycles. The van der Waals surface area contributed by atoms with Gasteiger partial charge in [0.15, 0.2) is 16.7 Å². The Kier molecular flexibility index (Phi) is 4.90. The first-order valence-corrected chi connectivity index (χ1v) is 8.39. The number of anilines is 1. The maximum atomic E-state index is 10.9. The third kappa shape index (κ3) is 4.08. The average Bonchev–Trinajstić information content (AvgIpc) is 2.34. The van der Waals surface area contributed by atoms with Crippen molar-refractivity contribution in [3.8, 4) is 5.75 Å². The molecule has 0 fully saturated rings. The molecule has 0 saturated heterocycles. The minimum absolute atomic E-state index is 0.0386. The van der Waals surface area contributed by atoms with E-state index in [2.05, 4.69) is 14.2 Å². The van der Waals surface area contributed by atoms with Crippen LogP contribution < -0.4 is 9.64 Å². The molecule has 0 radical (unpaired) electrons. The van der Waals surface area contributed by atoms with Gasteiger partial charge in [-0.05, 0) is 18.0 Å². The summed E-state index contributed by atoms with van der Waals surface area (Å²) in [5, 5.41) is 0.203. The number of nitrogens with zero attached hydrogens (tertiary/aromatic N) is 3. The van der Waals surface area contributed by atoms with Crippen LogP contribution in [0.1, 0.15) is 6.42 Å². The number of hydrogen-bond acceptors (Lipinski definition) is 7. The Bertz CT molecular complexity index is 596. The van der Waals surface area contributed by atoms with E-state index in [4.69, 9.17) is 27.9 Å². The van der Waals surface area contributed by atoms with Crippen molar-refractivity contribution < 1.29 is 17.3 Å². The van der Waals surface area contributed by atoms with Gasteiger partial charge in [-0.3, -0.25) is 4.18 Å². The topological polar surface area (TPSA) is 81.6 Å². The highest BCUT2D eigenvalue weighted by molar-refractivity contribution is 7.85. The summed E-state index contributed by atoms with van der Waals surface area (Å²) in [6.45, 7) is 1.72. The van der Waals surface area contributed by atoms with Crippen LogP contribution in [0.5, 0.6) is 5.75 Å². The van der Waals surface area contributed by atoms with Gasteiger partial charge in [0, 0.05) is 6.54 Å². The van der Waals surface area contributed by atoms with Crippen molar-refractivity contribution in [2.45, 2.75) is 6.42 Å². The van der Waals surface area contributed by atoms with Crippen molar-refractivity contribution in [2.24, 2.45) is 0 Å². The number of rotatable bonds is 5. The van der Waals surface area contributed by atoms with E-state index in [1.54, 1.807) is 0 Å². The zero-order chi connectivity index (χ0) is 14.8. The zero-order valence-corrected chi connectivity index (χ0v) is 13.0. The summed E-state index contributed by atoms with van der Waals surface area (Å²) >= 11 is 11.7. The fourth-order valence-electron chi connectivity index (χ4n) is 1.77. The van der Waals surface area contributed by atoms with E-state index in [1.807, 2.05) is 4.90 Å². The Labute approximate surface area is 126 Å². The summed E-state index contributed by atoms with van der Waals surface area (Å²) in [6.07, 6.45) is 1.54. The standard InChI is InChI=1S/C10H13Cl2N3O4S/c1-20(16,17)19-5-2-3-15-4-6-18-7-8(11)13-10(12)14-9(7)15/h2-6H2,1H3. The Balaban J connectivity index is 2.02. The van der Waals surface area contributed by atoms with Crippen LogP contribution in [0, 0.1) is 0 Å². The SMILES string of the molecule is CS(=O)(=O)OCCCN1CCOc2c(Cl)nc(Cl)nc21. The molecule has 0 amide bonds. The molecule has 0 aromatic carbocycles.